The summed E-state index contributed by atoms with van der Waals surface area (Å²) < 4.78 is 6.97. The first-order chi connectivity index (χ1) is 9.68. The largest absolute Gasteiger partial charge is 0.485 e. The molecule has 116 valence electrons. The summed E-state index contributed by atoms with van der Waals surface area (Å²) in [5, 5.41) is 0. The molecule has 3 atom stereocenters. The minimum Gasteiger partial charge on any atom is -0.485 e. The first kappa shape index (κ1) is 15.3. The van der Waals surface area contributed by atoms with Gasteiger partial charge in [-0.2, -0.15) is 11.8 Å². The number of thioether (sulfide) groups is 1. The summed E-state index contributed by atoms with van der Waals surface area (Å²) in [7, 11) is 0. The SMILES string of the molecule is Cc1ccc2c(c1)O[C@@]1(CSC(C)(C)C)[C@@H](C)CC[C@@]21C. The summed E-state index contributed by atoms with van der Waals surface area (Å²) in [6.07, 6.45) is 2.52. The smallest absolute Gasteiger partial charge is 0.130 e. The minimum atomic E-state index is -0.0267. The van der Waals surface area contributed by atoms with Gasteiger partial charge in [-0.25, -0.2) is 0 Å². The molecule has 1 aromatic rings. The van der Waals surface area contributed by atoms with Gasteiger partial charge in [-0.15, -0.1) is 0 Å². The van der Waals surface area contributed by atoms with Gasteiger partial charge in [0, 0.05) is 21.5 Å². The van der Waals surface area contributed by atoms with Crippen molar-refractivity contribution in [3.05, 3.63) is 29.3 Å². The molecule has 1 heterocycles. The first-order valence-electron chi connectivity index (χ1n) is 8.12. The molecule has 0 spiro atoms. The minimum absolute atomic E-state index is 0.0267. The zero-order valence-electron chi connectivity index (χ0n) is 14.2. The van der Waals surface area contributed by atoms with Crippen molar-refractivity contribution < 1.29 is 4.74 Å². The van der Waals surface area contributed by atoms with E-state index in [0.717, 1.165) is 11.5 Å². The molecule has 3 rings (SSSR count). The summed E-state index contributed by atoms with van der Waals surface area (Å²) in [5.41, 5.74) is 2.88. The number of hydrogen-bond acceptors (Lipinski definition) is 2. The van der Waals surface area contributed by atoms with Crippen LogP contribution in [-0.2, 0) is 5.41 Å². The topological polar surface area (TPSA) is 9.23 Å². The fraction of sp³-hybridized carbons (Fsp3) is 0.684. The lowest BCUT2D eigenvalue weighted by Gasteiger charge is -2.41. The van der Waals surface area contributed by atoms with Gasteiger partial charge in [0.2, 0.25) is 0 Å². The summed E-state index contributed by atoms with van der Waals surface area (Å²) in [6.45, 7) is 13.9. The Balaban J connectivity index is 2.02. The van der Waals surface area contributed by atoms with Gasteiger partial charge in [-0.3, -0.25) is 0 Å². The quantitative estimate of drug-likeness (QED) is 0.729. The second-order valence-corrected chi connectivity index (χ2v) is 9.97. The van der Waals surface area contributed by atoms with Gasteiger partial charge >= 0.3 is 0 Å². The molecule has 0 aromatic heterocycles. The molecule has 0 radical (unpaired) electrons. The van der Waals surface area contributed by atoms with Crippen molar-refractivity contribution in [2.45, 2.75) is 70.1 Å². The molecule has 0 bridgehead atoms. The summed E-state index contributed by atoms with van der Waals surface area (Å²) >= 11 is 2.05. The molecule has 1 aliphatic carbocycles. The molecule has 2 aliphatic rings. The molecule has 0 amide bonds. The van der Waals surface area contributed by atoms with Gasteiger partial charge in [-0.05, 0) is 37.3 Å². The molecule has 0 unspecified atom stereocenters. The van der Waals surface area contributed by atoms with Crippen LogP contribution in [0.4, 0.5) is 0 Å². The molecular weight excluding hydrogens is 276 g/mol. The van der Waals surface area contributed by atoms with E-state index in [9.17, 15) is 0 Å². The Morgan fingerprint density at radius 2 is 2.05 bits per heavy atom. The summed E-state index contributed by atoms with van der Waals surface area (Å²) in [6, 6.07) is 6.78. The molecule has 1 fully saturated rings. The molecule has 2 heteroatoms. The number of fused-ring (bicyclic) bond motifs is 3. The number of ether oxygens (including phenoxy) is 1. The van der Waals surface area contributed by atoms with Crippen LogP contribution in [0.25, 0.3) is 0 Å². The number of aryl methyl sites for hydroxylation is 1. The van der Waals surface area contributed by atoms with Gasteiger partial charge < -0.3 is 4.74 Å². The van der Waals surface area contributed by atoms with Gasteiger partial charge in [0.1, 0.15) is 11.4 Å². The van der Waals surface area contributed by atoms with E-state index in [1.54, 1.807) is 0 Å². The standard InChI is InChI=1S/C19H28OS/c1-13-7-8-15-16(11-13)20-19(12-21-17(3,4)5)14(2)9-10-18(15,19)6/h7-8,11,14H,9-10,12H2,1-6H3/t14-,18-,19-/m0/s1. The highest BCUT2D eigenvalue weighted by Crippen LogP contribution is 2.61. The highest BCUT2D eigenvalue weighted by Gasteiger charge is 2.63. The Bertz CT molecular complexity index is 559. The van der Waals surface area contributed by atoms with Crippen LogP contribution in [0.3, 0.4) is 0 Å². The Hall–Kier alpha value is -0.630. The summed E-state index contributed by atoms with van der Waals surface area (Å²) in [4.78, 5) is 0. The zero-order valence-corrected chi connectivity index (χ0v) is 15.1. The Kier molecular flexibility index (Phi) is 3.40. The van der Waals surface area contributed by atoms with Gasteiger partial charge in [0.25, 0.3) is 0 Å². The van der Waals surface area contributed by atoms with Crippen molar-refractivity contribution in [1.82, 2.24) is 0 Å². The van der Waals surface area contributed by atoms with E-state index < -0.39 is 0 Å². The first-order valence-corrected chi connectivity index (χ1v) is 9.11. The monoisotopic (exact) mass is 304 g/mol. The lowest BCUT2D eigenvalue weighted by molar-refractivity contribution is 0.0354. The predicted molar refractivity (Wildman–Crippen MR) is 92.5 cm³/mol. The van der Waals surface area contributed by atoms with Gasteiger partial charge in [0.15, 0.2) is 0 Å². The maximum atomic E-state index is 6.69. The Morgan fingerprint density at radius 1 is 1.33 bits per heavy atom. The van der Waals surface area contributed by atoms with E-state index >= 15 is 0 Å². The van der Waals surface area contributed by atoms with Crippen LogP contribution in [0.5, 0.6) is 5.75 Å². The highest BCUT2D eigenvalue weighted by molar-refractivity contribution is 8.00. The third-order valence-electron chi connectivity index (χ3n) is 5.55. The number of benzene rings is 1. The molecule has 1 saturated carbocycles. The second kappa shape index (κ2) is 4.68. The van der Waals surface area contributed by atoms with Crippen molar-refractivity contribution in [3.8, 4) is 5.75 Å². The van der Waals surface area contributed by atoms with Crippen LogP contribution in [0, 0.1) is 12.8 Å². The van der Waals surface area contributed by atoms with Crippen LogP contribution < -0.4 is 4.74 Å². The predicted octanol–water partition coefficient (Wildman–Crippen LogP) is 5.35. The lowest BCUT2D eigenvalue weighted by atomic mass is 9.71. The second-order valence-electron chi connectivity index (χ2n) is 8.16. The molecule has 1 nitrogen and oxygen atoms in total. The maximum Gasteiger partial charge on any atom is 0.130 e. The Morgan fingerprint density at radius 3 is 2.71 bits per heavy atom. The lowest BCUT2D eigenvalue weighted by Crippen LogP contribution is -2.52. The van der Waals surface area contributed by atoms with Crippen LogP contribution >= 0.6 is 11.8 Å². The van der Waals surface area contributed by atoms with E-state index in [-0.39, 0.29) is 15.8 Å². The highest BCUT2D eigenvalue weighted by atomic mass is 32.2. The fourth-order valence-electron chi connectivity index (χ4n) is 4.09. The number of rotatable bonds is 2. The van der Waals surface area contributed by atoms with Crippen molar-refractivity contribution in [3.63, 3.8) is 0 Å². The van der Waals surface area contributed by atoms with Gasteiger partial charge in [0.05, 0.1) is 0 Å². The maximum absolute atomic E-state index is 6.69. The van der Waals surface area contributed by atoms with Crippen LogP contribution in [-0.4, -0.2) is 16.1 Å². The normalized spacial score (nSPS) is 34.5. The molecule has 1 aromatic carbocycles. The average Bonchev–Trinajstić information content (AvgIpc) is 2.76. The van der Waals surface area contributed by atoms with Crippen LogP contribution in [0.1, 0.15) is 58.6 Å². The van der Waals surface area contributed by atoms with Crippen molar-refractivity contribution in [2.24, 2.45) is 5.92 Å². The molecule has 0 saturated heterocycles. The molecular formula is C19H28OS. The Labute approximate surface area is 133 Å². The number of hydrogen-bond donors (Lipinski definition) is 0. The molecule has 0 N–H and O–H groups in total. The van der Waals surface area contributed by atoms with E-state index in [1.165, 1.54) is 24.0 Å². The van der Waals surface area contributed by atoms with E-state index in [1.807, 2.05) is 0 Å². The van der Waals surface area contributed by atoms with Crippen molar-refractivity contribution in [1.29, 1.82) is 0 Å². The average molecular weight is 304 g/mol. The van der Waals surface area contributed by atoms with Crippen molar-refractivity contribution in [2.75, 3.05) is 5.75 Å². The van der Waals surface area contributed by atoms with Crippen LogP contribution in [0.2, 0.25) is 0 Å². The molecule has 21 heavy (non-hydrogen) atoms. The van der Waals surface area contributed by atoms with E-state index in [4.69, 9.17) is 4.74 Å². The van der Waals surface area contributed by atoms with E-state index in [0.29, 0.717) is 5.92 Å². The molecule has 1 aliphatic heterocycles. The zero-order chi connectivity index (χ0) is 15.5. The van der Waals surface area contributed by atoms with Crippen molar-refractivity contribution >= 4 is 11.8 Å². The van der Waals surface area contributed by atoms with E-state index in [2.05, 4.69) is 71.5 Å². The van der Waals surface area contributed by atoms with Crippen LogP contribution in [0.15, 0.2) is 18.2 Å². The van der Waals surface area contributed by atoms with Gasteiger partial charge in [-0.1, -0.05) is 46.8 Å². The third-order valence-corrected chi connectivity index (χ3v) is 6.99. The summed E-state index contributed by atoms with van der Waals surface area (Å²) in [5.74, 6) is 2.84. The fourth-order valence-corrected chi connectivity index (χ4v) is 5.40. The third kappa shape index (κ3) is 2.21.